The van der Waals surface area contributed by atoms with Crippen molar-refractivity contribution in [2.24, 2.45) is 0 Å². The standard InChI is InChI=1S/C13H15BrN4O2S/c1-9(10-3-5-16-6-4-10)18-21(19,20)12-7-11(14)8-17-13(12)15-2/h3-9,18H,1-2H3,(H,15,17). The fraction of sp³-hybridized carbons (Fsp3) is 0.231. The molecule has 0 saturated carbocycles. The van der Waals surface area contributed by atoms with E-state index in [2.05, 4.69) is 35.9 Å². The number of sulfonamides is 1. The fourth-order valence-electron chi connectivity index (χ4n) is 1.83. The summed E-state index contributed by atoms with van der Waals surface area (Å²) in [6.45, 7) is 1.78. The Morgan fingerprint density at radius 1 is 1.29 bits per heavy atom. The van der Waals surface area contributed by atoms with Crippen molar-refractivity contribution >= 4 is 31.8 Å². The molecule has 0 aliphatic rings. The highest BCUT2D eigenvalue weighted by molar-refractivity contribution is 9.10. The van der Waals surface area contributed by atoms with E-state index in [1.165, 1.54) is 12.3 Å². The van der Waals surface area contributed by atoms with Gasteiger partial charge in [0.15, 0.2) is 0 Å². The van der Waals surface area contributed by atoms with E-state index in [9.17, 15) is 8.42 Å². The Balaban J connectivity index is 2.33. The Morgan fingerprint density at radius 2 is 1.95 bits per heavy atom. The minimum atomic E-state index is -3.70. The molecule has 0 radical (unpaired) electrons. The Kier molecular flexibility index (Phi) is 4.92. The number of pyridine rings is 2. The lowest BCUT2D eigenvalue weighted by atomic mass is 10.1. The second-order valence-electron chi connectivity index (χ2n) is 4.37. The van der Waals surface area contributed by atoms with Gasteiger partial charge in [-0.05, 0) is 46.6 Å². The highest BCUT2D eigenvalue weighted by Gasteiger charge is 2.22. The zero-order valence-corrected chi connectivity index (χ0v) is 13.9. The maximum Gasteiger partial charge on any atom is 0.244 e. The topological polar surface area (TPSA) is 84.0 Å². The van der Waals surface area contributed by atoms with Gasteiger partial charge in [0.2, 0.25) is 10.0 Å². The number of nitrogens with one attached hydrogen (secondary N) is 2. The molecule has 0 saturated heterocycles. The van der Waals surface area contributed by atoms with Gasteiger partial charge in [-0.1, -0.05) is 0 Å². The van der Waals surface area contributed by atoms with Crippen LogP contribution in [0.5, 0.6) is 0 Å². The Morgan fingerprint density at radius 3 is 2.57 bits per heavy atom. The molecule has 2 rings (SSSR count). The first-order valence-corrected chi connectivity index (χ1v) is 8.47. The molecule has 0 amide bonds. The van der Waals surface area contributed by atoms with Crippen molar-refractivity contribution in [3.05, 3.63) is 46.8 Å². The third-order valence-corrected chi connectivity index (χ3v) is 4.87. The average molecular weight is 371 g/mol. The number of nitrogens with zero attached hydrogens (tertiary/aromatic N) is 2. The van der Waals surface area contributed by atoms with Crippen molar-refractivity contribution in [2.45, 2.75) is 17.9 Å². The van der Waals surface area contributed by atoms with Crippen molar-refractivity contribution < 1.29 is 8.42 Å². The second kappa shape index (κ2) is 6.50. The van der Waals surface area contributed by atoms with E-state index in [0.29, 0.717) is 10.3 Å². The van der Waals surface area contributed by atoms with E-state index in [1.807, 2.05) is 0 Å². The monoisotopic (exact) mass is 370 g/mol. The first-order chi connectivity index (χ1) is 9.94. The summed E-state index contributed by atoms with van der Waals surface area (Å²) in [5.74, 6) is 0.299. The van der Waals surface area contributed by atoms with Gasteiger partial charge in [0.1, 0.15) is 10.7 Å². The summed E-state index contributed by atoms with van der Waals surface area (Å²) < 4.78 is 28.3. The normalized spacial score (nSPS) is 12.9. The van der Waals surface area contributed by atoms with E-state index < -0.39 is 10.0 Å². The van der Waals surface area contributed by atoms with Gasteiger partial charge in [-0.15, -0.1) is 0 Å². The van der Waals surface area contributed by atoms with Crippen LogP contribution in [0.3, 0.4) is 0 Å². The van der Waals surface area contributed by atoms with Crippen molar-refractivity contribution in [1.29, 1.82) is 0 Å². The summed E-state index contributed by atoms with van der Waals surface area (Å²) in [7, 11) is -2.07. The number of hydrogen-bond donors (Lipinski definition) is 2. The molecule has 0 fully saturated rings. The molecule has 0 aliphatic heterocycles. The predicted octanol–water partition coefficient (Wildman–Crippen LogP) is 2.32. The van der Waals surface area contributed by atoms with Crippen LogP contribution in [0.4, 0.5) is 5.82 Å². The quantitative estimate of drug-likeness (QED) is 0.843. The highest BCUT2D eigenvalue weighted by atomic mass is 79.9. The van der Waals surface area contributed by atoms with E-state index in [-0.39, 0.29) is 10.9 Å². The molecule has 1 atom stereocenters. The largest absolute Gasteiger partial charge is 0.372 e. The summed E-state index contributed by atoms with van der Waals surface area (Å²) >= 11 is 3.24. The van der Waals surface area contributed by atoms with Crippen LogP contribution in [0.2, 0.25) is 0 Å². The molecule has 0 aliphatic carbocycles. The van der Waals surface area contributed by atoms with Crippen LogP contribution in [0.1, 0.15) is 18.5 Å². The first-order valence-electron chi connectivity index (χ1n) is 6.19. The fourth-order valence-corrected chi connectivity index (χ4v) is 3.73. The van der Waals surface area contributed by atoms with Crippen molar-refractivity contribution in [3.63, 3.8) is 0 Å². The minimum absolute atomic E-state index is 0.0975. The zero-order chi connectivity index (χ0) is 15.5. The van der Waals surface area contributed by atoms with E-state index in [0.717, 1.165) is 5.56 Å². The maximum absolute atomic E-state index is 12.5. The molecule has 0 aromatic carbocycles. The summed E-state index contributed by atoms with van der Waals surface area (Å²) in [5.41, 5.74) is 0.836. The van der Waals surface area contributed by atoms with Gasteiger partial charge in [0, 0.05) is 36.2 Å². The van der Waals surface area contributed by atoms with Gasteiger partial charge >= 0.3 is 0 Å². The lowest BCUT2D eigenvalue weighted by Gasteiger charge is -2.16. The molecule has 2 aromatic heterocycles. The SMILES string of the molecule is CNc1ncc(Br)cc1S(=O)(=O)NC(C)c1ccncc1. The molecular weight excluding hydrogens is 356 g/mol. The van der Waals surface area contributed by atoms with Gasteiger partial charge in [-0.3, -0.25) is 4.98 Å². The first kappa shape index (κ1) is 15.9. The van der Waals surface area contributed by atoms with Crippen LogP contribution in [0.15, 0.2) is 46.2 Å². The van der Waals surface area contributed by atoms with Crippen LogP contribution in [0.25, 0.3) is 0 Å². The molecule has 21 heavy (non-hydrogen) atoms. The lowest BCUT2D eigenvalue weighted by Crippen LogP contribution is -2.27. The van der Waals surface area contributed by atoms with Crippen LogP contribution < -0.4 is 10.0 Å². The smallest absolute Gasteiger partial charge is 0.244 e. The Labute approximate surface area is 132 Å². The number of hydrogen-bond acceptors (Lipinski definition) is 5. The minimum Gasteiger partial charge on any atom is -0.372 e. The molecular formula is C13H15BrN4O2S. The van der Waals surface area contributed by atoms with E-state index in [1.54, 1.807) is 38.5 Å². The second-order valence-corrected chi connectivity index (χ2v) is 6.97. The van der Waals surface area contributed by atoms with Crippen molar-refractivity contribution in [2.75, 3.05) is 12.4 Å². The zero-order valence-electron chi connectivity index (χ0n) is 11.5. The number of anilines is 1. The summed E-state index contributed by atoms with van der Waals surface area (Å²) in [6, 6.07) is 4.68. The van der Waals surface area contributed by atoms with E-state index >= 15 is 0 Å². The Bertz CT molecular complexity index is 722. The molecule has 6 nitrogen and oxygen atoms in total. The molecule has 2 N–H and O–H groups in total. The average Bonchev–Trinajstić information content (AvgIpc) is 2.47. The molecule has 0 bridgehead atoms. The summed E-state index contributed by atoms with van der Waals surface area (Å²) in [6.07, 6.45) is 4.79. The van der Waals surface area contributed by atoms with Gasteiger partial charge in [-0.2, -0.15) is 0 Å². The number of halogens is 1. The van der Waals surface area contributed by atoms with Gasteiger partial charge in [0.25, 0.3) is 0 Å². The van der Waals surface area contributed by atoms with Gasteiger partial charge in [0.05, 0.1) is 0 Å². The van der Waals surface area contributed by atoms with Crippen molar-refractivity contribution in [3.8, 4) is 0 Å². The van der Waals surface area contributed by atoms with Crippen LogP contribution in [-0.2, 0) is 10.0 Å². The highest BCUT2D eigenvalue weighted by Crippen LogP contribution is 2.24. The Hall–Kier alpha value is -1.51. The number of aromatic nitrogens is 2. The molecule has 2 aromatic rings. The van der Waals surface area contributed by atoms with Gasteiger partial charge in [-0.25, -0.2) is 18.1 Å². The summed E-state index contributed by atoms with van der Waals surface area (Å²) in [4.78, 5) is 8.07. The predicted molar refractivity (Wildman–Crippen MR) is 84.5 cm³/mol. The third kappa shape index (κ3) is 3.78. The van der Waals surface area contributed by atoms with Crippen LogP contribution in [0, 0.1) is 0 Å². The summed E-state index contributed by atoms with van der Waals surface area (Å²) in [5, 5.41) is 2.78. The van der Waals surface area contributed by atoms with Crippen LogP contribution >= 0.6 is 15.9 Å². The molecule has 0 spiro atoms. The lowest BCUT2D eigenvalue weighted by molar-refractivity contribution is 0.566. The third-order valence-electron chi connectivity index (χ3n) is 2.88. The van der Waals surface area contributed by atoms with Crippen molar-refractivity contribution in [1.82, 2.24) is 14.7 Å². The molecule has 8 heteroatoms. The number of rotatable bonds is 5. The maximum atomic E-state index is 12.5. The van der Waals surface area contributed by atoms with Crippen LogP contribution in [-0.4, -0.2) is 25.4 Å². The van der Waals surface area contributed by atoms with E-state index in [4.69, 9.17) is 0 Å². The van der Waals surface area contributed by atoms with Gasteiger partial charge < -0.3 is 5.32 Å². The molecule has 2 heterocycles. The molecule has 1 unspecified atom stereocenters. The molecule has 112 valence electrons.